The molecule has 0 aliphatic carbocycles. The minimum atomic E-state index is -0.404. The summed E-state index contributed by atoms with van der Waals surface area (Å²) in [5.74, 6) is 0.904. The van der Waals surface area contributed by atoms with Gasteiger partial charge in [-0.2, -0.15) is 0 Å². The Kier molecular flexibility index (Phi) is 5.02. The Morgan fingerprint density at radius 1 is 1.33 bits per heavy atom. The van der Waals surface area contributed by atoms with Gasteiger partial charge < -0.3 is 5.73 Å². The fourth-order valence-electron chi connectivity index (χ4n) is 1.63. The summed E-state index contributed by atoms with van der Waals surface area (Å²) in [5, 5.41) is 0. The van der Waals surface area contributed by atoms with Crippen LogP contribution >= 0.6 is 0 Å². The van der Waals surface area contributed by atoms with E-state index >= 15 is 0 Å². The van der Waals surface area contributed by atoms with Gasteiger partial charge in [-0.15, -0.1) is 0 Å². The molecule has 0 aromatic heterocycles. The van der Waals surface area contributed by atoms with Gasteiger partial charge in [0.05, 0.1) is 4.75 Å². The van der Waals surface area contributed by atoms with Gasteiger partial charge in [0, 0.05) is 19.8 Å². The fraction of sp³-hybridized carbons (Fsp3) is 0.462. The average molecular weight is 269 g/mol. The Labute approximate surface area is 110 Å². The van der Waals surface area contributed by atoms with Gasteiger partial charge in [-0.25, -0.2) is 4.39 Å². The second-order valence-corrected chi connectivity index (χ2v) is 6.81. The van der Waals surface area contributed by atoms with Crippen LogP contribution in [0.4, 0.5) is 4.39 Å². The monoisotopic (exact) mass is 269 g/mol. The van der Waals surface area contributed by atoms with Crippen molar-refractivity contribution in [1.82, 2.24) is 0 Å². The maximum absolute atomic E-state index is 13.7. The van der Waals surface area contributed by atoms with E-state index in [1.165, 1.54) is 6.07 Å². The molecule has 0 amide bonds. The highest BCUT2D eigenvalue weighted by molar-refractivity contribution is 7.88. The van der Waals surface area contributed by atoms with Crippen LogP contribution in [-0.2, 0) is 16.4 Å². The number of amidine groups is 1. The predicted octanol–water partition coefficient (Wildman–Crippen LogP) is 2.52. The molecule has 1 unspecified atom stereocenters. The van der Waals surface area contributed by atoms with Crippen molar-refractivity contribution >= 4 is 16.5 Å². The third-order valence-electron chi connectivity index (χ3n) is 2.92. The van der Waals surface area contributed by atoms with Crippen molar-refractivity contribution in [2.45, 2.75) is 24.3 Å². The molecule has 3 nitrogen and oxygen atoms in total. The Morgan fingerprint density at radius 2 is 1.94 bits per heavy atom. The van der Waals surface area contributed by atoms with Gasteiger partial charge in [0.25, 0.3) is 0 Å². The SMILES string of the molecule is C/N=S(/Cc1ccccc1F)C(C)(C)/C(N)=N\C. The summed E-state index contributed by atoms with van der Waals surface area (Å²) in [5.41, 5.74) is 6.59. The quantitative estimate of drug-likeness (QED) is 0.662. The summed E-state index contributed by atoms with van der Waals surface area (Å²) in [6, 6.07) is 6.78. The second kappa shape index (κ2) is 6.09. The van der Waals surface area contributed by atoms with Crippen LogP contribution in [0.15, 0.2) is 33.6 Å². The fourth-order valence-corrected chi connectivity index (χ4v) is 3.43. The molecule has 100 valence electrons. The highest BCUT2D eigenvalue weighted by Crippen LogP contribution is 2.21. The first kappa shape index (κ1) is 14.8. The van der Waals surface area contributed by atoms with Gasteiger partial charge in [-0.3, -0.25) is 9.36 Å². The highest BCUT2D eigenvalue weighted by atomic mass is 32.2. The summed E-state index contributed by atoms with van der Waals surface area (Å²) in [4.78, 5) is 4.04. The third-order valence-corrected chi connectivity index (χ3v) is 5.33. The summed E-state index contributed by atoms with van der Waals surface area (Å²) in [6.07, 6.45) is 0. The lowest BCUT2D eigenvalue weighted by Gasteiger charge is -2.27. The lowest BCUT2D eigenvalue weighted by molar-refractivity contribution is 0.617. The second-order valence-electron chi connectivity index (χ2n) is 4.40. The number of hydrogen-bond donors (Lipinski definition) is 1. The Morgan fingerprint density at radius 3 is 2.44 bits per heavy atom. The lowest BCUT2D eigenvalue weighted by Crippen LogP contribution is -2.42. The maximum Gasteiger partial charge on any atom is 0.127 e. The van der Waals surface area contributed by atoms with Crippen LogP contribution in [0.2, 0.25) is 0 Å². The molecule has 0 bridgehead atoms. The average Bonchev–Trinajstić information content (AvgIpc) is 2.36. The summed E-state index contributed by atoms with van der Waals surface area (Å²) in [7, 11) is 3.00. The van der Waals surface area contributed by atoms with Gasteiger partial charge in [0.1, 0.15) is 11.7 Å². The molecule has 0 saturated heterocycles. The maximum atomic E-state index is 13.7. The van der Waals surface area contributed by atoms with Crippen LogP contribution in [0.5, 0.6) is 0 Å². The minimum absolute atomic E-state index is 0.193. The van der Waals surface area contributed by atoms with Gasteiger partial charge in [0.2, 0.25) is 0 Å². The third kappa shape index (κ3) is 3.16. The van der Waals surface area contributed by atoms with Crippen molar-refractivity contribution in [2.24, 2.45) is 15.1 Å². The first-order valence-corrected chi connectivity index (χ1v) is 7.05. The zero-order valence-corrected chi connectivity index (χ0v) is 12.1. The molecule has 0 heterocycles. The van der Waals surface area contributed by atoms with Crippen LogP contribution < -0.4 is 5.73 Å². The van der Waals surface area contributed by atoms with Crippen molar-refractivity contribution in [3.05, 3.63) is 35.6 Å². The summed E-state index contributed by atoms with van der Waals surface area (Å²) in [6.45, 7) is 3.98. The van der Waals surface area contributed by atoms with Crippen molar-refractivity contribution in [3.8, 4) is 0 Å². The van der Waals surface area contributed by atoms with Crippen LogP contribution in [0.1, 0.15) is 19.4 Å². The number of nitrogens with two attached hydrogens (primary N) is 1. The van der Waals surface area contributed by atoms with Gasteiger partial charge >= 0.3 is 0 Å². The van der Waals surface area contributed by atoms with E-state index in [1.807, 2.05) is 19.9 Å². The molecule has 1 aromatic carbocycles. The zero-order valence-electron chi connectivity index (χ0n) is 11.3. The van der Waals surface area contributed by atoms with Gasteiger partial charge in [0.15, 0.2) is 0 Å². The number of benzene rings is 1. The Balaban J connectivity index is 3.05. The smallest absolute Gasteiger partial charge is 0.127 e. The molecule has 0 spiro atoms. The van der Waals surface area contributed by atoms with E-state index in [1.54, 1.807) is 26.2 Å². The largest absolute Gasteiger partial charge is 0.386 e. The molecular weight excluding hydrogens is 249 g/mol. The summed E-state index contributed by atoms with van der Waals surface area (Å²) < 4.78 is 17.7. The number of rotatable bonds is 4. The summed E-state index contributed by atoms with van der Waals surface area (Å²) >= 11 is 0. The number of halogens is 1. The lowest BCUT2D eigenvalue weighted by atomic mass is 10.2. The number of nitrogens with zero attached hydrogens (tertiary/aromatic N) is 2. The molecule has 0 fully saturated rings. The minimum Gasteiger partial charge on any atom is -0.386 e. The van der Waals surface area contributed by atoms with Crippen LogP contribution in [0.3, 0.4) is 0 Å². The predicted molar refractivity (Wildman–Crippen MR) is 77.4 cm³/mol. The van der Waals surface area contributed by atoms with Gasteiger partial charge in [-0.05, 0) is 25.5 Å². The molecule has 2 N–H and O–H groups in total. The van der Waals surface area contributed by atoms with E-state index in [0.29, 0.717) is 17.2 Å². The number of aliphatic imine (C=N–C) groups is 1. The van der Waals surface area contributed by atoms with Crippen molar-refractivity contribution < 1.29 is 4.39 Å². The van der Waals surface area contributed by atoms with Crippen molar-refractivity contribution in [3.63, 3.8) is 0 Å². The van der Waals surface area contributed by atoms with E-state index in [2.05, 4.69) is 9.36 Å². The molecule has 5 heteroatoms. The normalized spacial score (nSPS) is 14.8. The number of hydrogen-bond acceptors (Lipinski definition) is 2. The van der Waals surface area contributed by atoms with Crippen molar-refractivity contribution in [2.75, 3.05) is 14.1 Å². The molecule has 0 saturated carbocycles. The molecule has 1 rings (SSSR count). The molecule has 0 aliphatic rings. The molecule has 0 radical (unpaired) electrons. The molecular formula is C13H20FN3S. The van der Waals surface area contributed by atoms with Crippen LogP contribution in [0, 0.1) is 5.82 Å². The van der Waals surface area contributed by atoms with E-state index in [-0.39, 0.29) is 10.6 Å². The molecule has 0 aliphatic heterocycles. The molecule has 1 atom stereocenters. The first-order chi connectivity index (χ1) is 8.43. The van der Waals surface area contributed by atoms with E-state index in [4.69, 9.17) is 5.73 Å². The first-order valence-electron chi connectivity index (χ1n) is 5.70. The molecule has 1 aromatic rings. The van der Waals surface area contributed by atoms with Crippen molar-refractivity contribution in [1.29, 1.82) is 0 Å². The van der Waals surface area contributed by atoms with E-state index in [0.717, 1.165) is 0 Å². The van der Waals surface area contributed by atoms with Crippen LogP contribution in [-0.4, -0.2) is 24.7 Å². The highest BCUT2D eigenvalue weighted by Gasteiger charge is 2.28. The van der Waals surface area contributed by atoms with E-state index in [9.17, 15) is 4.39 Å². The molecule has 18 heavy (non-hydrogen) atoms. The van der Waals surface area contributed by atoms with Gasteiger partial charge in [-0.1, -0.05) is 28.9 Å². The van der Waals surface area contributed by atoms with Crippen LogP contribution in [0.25, 0.3) is 0 Å². The standard InChI is InChI=1S/C13H20FN3S/c1-13(2,12(15)16-3)18(17-4)9-10-7-5-6-8-11(10)14/h5-8H,9H2,1-4H3,(H2,15,16). The Hall–Kier alpha value is -1.23. The topological polar surface area (TPSA) is 50.7 Å². The zero-order chi connectivity index (χ0) is 13.8. The Bertz CT molecular complexity index is 481. The van der Waals surface area contributed by atoms with E-state index < -0.39 is 10.7 Å².